The van der Waals surface area contributed by atoms with Crippen LogP contribution in [0.15, 0.2) is 18.3 Å². The topological polar surface area (TPSA) is 95.5 Å². The molecule has 1 aromatic heterocycles. The van der Waals surface area contributed by atoms with E-state index in [4.69, 9.17) is 15.9 Å². The second-order valence-electron chi connectivity index (χ2n) is 4.85. The van der Waals surface area contributed by atoms with Crippen molar-refractivity contribution in [3.8, 4) is 0 Å². The molecule has 0 saturated heterocycles. The predicted octanol–water partition coefficient (Wildman–Crippen LogP) is 0.562. The zero-order valence-corrected chi connectivity index (χ0v) is 12.8. The zero-order chi connectivity index (χ0) is 15.8. The highest BCUT2D eigenvalue weighted by Gasteiger charge is 2.13. The van der Waals surface area contributed by atoms with Crippen LogP contribution in [0, 0.1) is 5.41 Å². The summed E-state index contributed by atoms with van der Waals surface area (Å²) in [7, 11) is 5.01. The van der Waals surface area contributed by atoms with Gasteiger partial charge in [0.1, 0.15) is 5.69 Å². The van der Waals surface area contributed by atoms with E-state index < -0.39 is 0 Å². The number of anilines is 1. The minimum absolute atomic E-state index is 0.135. The molecule has 7 nitrogen and oxygen atoms in total. The molecule has 116 valence electrons. The lowest BCUT2D eigenvalue weighted by molar-refractivity contribution is 0.0822. The fourth-order valence-electron chi connectivity index (χ4n) is 1.79. The molecule has 1 rings (SSSR count). The Morgan fingerprint density at radius 3 is 2.71 bits per heavy atom. The van der Waals surface area contributed by atoms with Crippen molar-refractivity contribution < 1.29 is 9.53 Å². The van der Waals surface area contributed by atoms with Gasteiger partial charge in [-0.25, -0.2) is 0 Å². The quantitative estimate of drug-likeness (QED) is 0.539. The zero-order valence-electron chi connectivity index (χ0n) is 12.8. The summed E-state index contributed by atoms with van der Waals surface area (Å²) in [6.07, 6.45) is 2.07. The Morgan fingerprint density at radius 1 is 1.43 bits per heavy atom. The fourth-order valence-corrected chi connectivity index (χ4v) is 1.79. The van der Waals surface area contributed by atoms with E-state index in [9.17, 15) is 4.79 Å². The molecule has 0 spiro atoms. The number of rotatable bonds is 8. The molecule has 0 aliphatic heterocycles. The van der Waals surface area contributed by atoms with Crippen molar-refractivity contribution >= 4 is 17.4 Å². The number of nitrogens with zero attached hydrogens (tertiary/aromatic N) is 3. The Kier molecular flexibility index (Phi) is 6.61. The molecule has 0 fully saturated rings. The van der Waals surface area contributed by atoms with Gasteiger partial charge in [-0.1, -0.05) is 0 Å². The van der Waals surface area contributed by atoms with Gasteiger partial charge in [0.25, 0.3) is 5.91 Å². The Bertz CT molecular complexity index is 490. The lowest BCUT2D eigenvalue weighted by Crippen LogP contribution is -2.31. The van der Waals surface area contributed by atoms with Crippen LogP contribution in [-0.2, 0) is 4.74 Å². The number of aromatic nitrogens is 1. The van der Waals surface area contributed by atoms with Gasteiger partial charge >= 0.3 is 0 Å². The van der Waals surface area contributed by atoms with Crippen LogP contribution < -0.4 is 10.6 Å². The van der Waals surface area contributed by atoms with Crippen LogP contribution in [0.25, 0.3) is 0 Å². The predicted molar refractivity (Wildman–Crippen MR) is 82.9 cm³/mol. The number of amides is 1. The van der Waals surface area contributed by atoms with Gasteiger partial charge in [-0.3, -0.25) is 15.2 Å². The third-order valence-corrected chi connectivity index (χ3v) is 2.95. The third-order valence-electron chi connectivity index (χ3n) is 2.95. The molecular formula is C14H23N5O2. The second kappa shape index (κ2) is 8.21. The number of ether oxygens (including phenoxy) is 1. The van der Waals surface area contributed by atoms with E-state index in [1.165, 1.54) is 4.90 Å². The molecule has 0 bridgehead atoms. The van der Waals surface area contributed by atoms with Crippen molar-refractivity contribution in [3.05, 3.63) is 24.0 Å². The van der Waals surface area contributed by atoms with Gasteiger partial charge in [0.15, 0.2) is 0 Å². The van der Waals surface area contributed by atoms with Gasteiger partial charge in [-0.2, -0.15) is 0 Å². The largest absolute Gasteiger partial charge is 0.388 e. The fraction of sp³-hybridized carbons (Fsp3) is 0.500. The molecule has 0 aliphatic rings. The Morgan fingerprint density at radius 2 is 2.14 bits per heavy atom. The van der Waals surface area contributed by atoms with Crippen molar-refractivity contribution in [2.75, 3.05) is 45.8 Å². The molecule has 3 N–H and O–H groups in total. The van der Waals surface area contributed by atoms with Gasteiger partial charge in [-0.05, 0) is 12.1 Å². The van der Waals surface area contributed by atoms with E-state index in [1.807, 2.05) is 11.0 Å². The van der Waals surface area contributed by atoms with Crippen molar-refractivity contribution in [1.82, 2.24) is 9.88 Å². The molecule has 7 heteroatoms. The SMILES string of the molecule is COCCN(CCC(=N)N)c1ccnc(C(=O)N(C)C)c1. The highest BCUT2D eigenvalue weighted by Crippen LogP contribution is 2.15. The standard InChI is InChI=1S/C14H23N5O2/c1-18(2)14(20)12-10-11(4-6-17-12)19(8-9-21-3)7-5-13(15)16/h4,6,10H,5,7-9H2,1-3H3,(H3,15,16). The van der Waals surface area contributed by atoms with Crippen LogP contribution in [0.5, 0.6) is 0 Å². The van der Waals surface area contributed by atoms with Gasteiger partial charge in [0.05, 0.1) is 12.4 Å². The Balaban J connectivity index is 2.92. The molecule has 0 radical (unpaired) electrons. The minimum atomic E-state index is -0.143. The molecule has 1 amide bonds. The number of pyridine rings is 1. The first-order chi connectivity index (χ1) is 9.95. The van der Waals surface area contributed by atoms with Crippen LogP contribution in [0.2, 0.25) is 0 Å². The Labute approximate surface area is 125 Å². The van der Waals surface area contributed by atoms with Crippen molar-refractivity contribution in [2.45, 2.75) is 6.42 Å². The van der Waals surface area contributed by atoms with E-state index in [-0.39, 0.29) is 11.7 Å². The van der Waals surface area contributed by atoms with Crippen LogP contribution in [0.1, 0.15) is 16.9 Å². The van der Waals surface area contributed by atoms with E-state index in [2.05, 4.69) is 4.98 Å². The number of carbonyl (C=O) groups is 1. The summed E-state index contributed by atoms with van der Waals surface area (Å²) in [5.74, 6) is -0.00817. The normalized spacial score (nSPS) is 10.2. The van der Waals surface area contributed by atoms with Crippen LogP contribution in [-0.4, -0.2) is 62.5 Å². The van der Waals surface area contributed by atoms with Crippen molar-refractivity contribution in [2.24, 2.45) is 5.73 Å². The van der Waals surface area contributed by atoms with Crippen molar-refractivity contribution in [1.29, 1.82) is 5.41 Å². The summed E-state index contributed by atoms with van der Waals surface area (Å²) in [6, 6.07) is 3.58. The highest BCUT2D eigenvalue weighted by molar-refractivity contribution is 5.92. The lowest BCUT2D eigenvalue weighted by Gasteiger charge is -2.24. The van der Waals surface area contributed by atoms with Gasteiger partial charge in [-0.15, -0.1) is 0 Å². The van der Waals surface area contributed by atoms with E-state index >= 15 is 0 Å². The molecular weight excluding hydrogens is 270 g/mol. The van der Waals surface area contributed by atoms with Crippen LogP contribution in [0.3, 0.4) is 0 Å². The molecule has 0 saturated carbocycles. The maximum Gasteiger partial charge on any atom is 0.272 e. The van der Waals surface area contributed by atoms with Crippen molar-refractivity contribution in [3.63, 3.8) is 0 Å². The molecule has 0 unspecified atom stereocenters. The van der Waals surface area contributed by atoms with E-state index in [0.29, 0.717) is 31.8 Å². The third kappa shape index (κ3) is 5.39. The maximum atomic E-state index is 12.0. The second-order valence-corrected chi connectivity index (χ2v) is 4.85. The first-order valence-corrected chi connectivity index (χ1v) is 6.70. The molecule has 0 atom stereocenters. The first-order valence-electron chi connectivity index (χ1n) is 6.70. The minimum Gasteiger partial charge on any atom is -0.388 e. The first kappa shape index (κ1) is 16.9. The van der Waals surface area contributed by atoms with E-state index in [1.54, 1.807) is 33.5 Å². The number of amidine groups is 1. The number of nitrogens with one attached hydrogen (secondary N) is 1. The summed E-state index contributed by atoms with van der Waals surface area (Å²) in [5, 5.41) is 7.34. The lowest BCUT2D eigenvalue weighted by atomic mass is 10.2. The monoisotopic (exact) mass is 293 g/mol. The Hall–Kier alpha value is -2.15. The summed E-state index contributed by atoms with van der Waals surface area (Å²) in [4.78, 5) is 19.6. The molecule has 21 heavy (non-hydrogen) atoms. The highest BCUT2D eigenvalue weighted by atomic mass is 16.5. The number of carbonyl (C=O) groups excluding carboxylic acids is 1. The summed E-state index contributed by atoms with van der Waals surface area (Å²) in [6.45, 7) is 1.80. The van der Waals surface area contributed by atoms with Gasteiger partial charge in [0, 0.05) is 52.6 Å². The summed E-state index contributed by atoms with van der Waals surface area (Å²) in [5.41, 5.74) is 6.68. The number of hydrogen-bond acceptors (Lipinski definition) is 5. The maximum absolute atomic E-state index is 12.0. The average Bonchev–Trinajstić information content (AvgIpc) is 2.46. The van der Waals surface area contributed by atoms with Crippen LogP contribution >= 0.6 is 0 Å². The number of hydrogen-bond donors (Lipinski definition) is 2. The van der Waals surface area contributed by atoms with Gasteiger partial charge in [0.2, 0.25) is 0 Å². The number of nitrogens with two attached hydrogens (primary N) is 1. The molecule has 0 aliphatic carbocycles. The smallest absolute Gasteiger partial charge is 0.272 e. The summed E-state index contributed by atoms with van der Waals surface area (Å²) >= 11 is 0. The van der Waals surface area contributed by atoms with E-state index in [0.717, 1.165) is 5.69 Å². The van der Waals surface area contributed by atoms with Crippen LogP contribution in [0.4, 0.5) is 5.69 Å². The molecule has 1 aromatic rings. The number of methoxy groups -OCH3 is 1. The average molecular weight is 293 g/mol. The molecule has 1 heterocycles. The van der Waals surface area contributed by atoms with Gasteiger partial charge < -0.3 is 20.3 Å². The summed E-state index contributed by atoms with van der Waals surface area (Å²) < 4.78 is 5.10. The molecule has 0 aromatic carbocycles.